The van der Waals surface area contributed by atoms with Crippen molar-refractivity contribution in [1.29, 1.82) is 0 Å². The fourth-order valence-corrected chi connectivity index (χ4v) is 3.76. The quantitative estimate of drug-likeness (QED) is 0.740. The molecule has 1 aliphatic heterocycles. The maximum Gasteiger partial charge on any atom is 0.347 e. The summed E-state index contributed by atoms with van der Waals surface area (Å²) >= 11 is 1.16. The highest BCUT2D eigenvalue weighted by Gasteiger charge is 2.17. The molecule has 0 aliphatic carbocycles. The first-order valence-electron chi connectivity index (χ1n) is 8.99. The lowest BCUT2D eigenvalue weighted by atomic mass is 10.2. The van der Waals surface area contributed by atoms with E-state index in [4.69, 9.17) is 14.2 Å². The summed E-state index contributed by atoms with van der Waals surface area (Å²) in [4.78, 5) is 18.2. The van der Waals surface area contributed by atoms with E-state index in [-0.39, 0.29) is 4.88 Å². The van der Waals surface area contributed by atoms with Crippen LogP contribution in [0.5, 0.6) is 11.5 Å². The van der Waals surface area contributed by atoms with Gasteiger partial charge >= 0.3 is 5.97 Å². The van der Waals surface area contributed by atoms with Crippen molar-refractivity contribution in [2.24, 2.45) is 0 Å². The van der Waals surface area contributed by atoms with E-state index in [1.165, 1.54) is 0 Å². The molecular formula is C19H24N2O5S. The molecule has 0 unspecified atom stereocenters. The number of carboxylic acid groups (broad SMARTS) is 1. The molecule has 7 nitrogen and oxygen atoms in total. The van der Waals surface area contributed by atoms with Gasteiger partial charge < -0.3 is 19.3 Å². The van der Waals surface area contributed by atoms with Crippen LogP contribution in [0.2, 0.25) is 0 Å². The number of hydrogen-bond acceptors (Lipinski definition) is 7. The van der Waals surface area contributed by atoms with Crippen LogP contribution in [0.1, 0.15) is 22.3 Å². The highest BCUT2D eigenvalue weighted by atomic mass is 32.1. The molecular weight excluding hydrogens is 368 g/mol. The van der Waals surface area contributed by atoms with E-state index < -0.39 is 5.97 Å². The van der Waals surface area contributed by atoms with E-state index in [1.54, 1.807) is 6.92 Å². The number of aromatic carboxylic acids is 1. The second kappa shape index (κ2) is 9.16. The molecule has 0 amide bonds. The van der Waals surface area contributed by atoms with Gasteiger partial charge in [0.05, 0.1) is 25.5 Å². The summed E-state index contributed by atoms with van der Waals surface area (Å²) < 4.78 is 17.0. The number of nitrogens with zero attached hydrogens (tertiary/aromatic N) is 2. The molecule has 0 radical (unpaired) electrons. The lowest BCUT2D eigenvalue weighted by molar-refractivity contribution is 0.0321. The Labute approximate surface area is 162 Å². The first-order valence-corrected chi connectivity index (χ1v) is 9.81. The van der Waals surface area contributed by atoms with Crippen LogP contribution < -0.4 is 9.47 Å². The second-order valence-electron chi connectivity index (χ2n) is 6.14. The predicted molar refractivity (Wildman–Crippen MR) is 103 cm³/mol. The molecule has 1 aliphatic rings. The molecule has 27 heavy (non-hydrogen) atoms. The van der Waals surface area contributed by atoms with Crippen LogP contribution in [0.15, 0.2) is 18.2 Å². The zero-order valence-corrected chi connectivity index (χ0v) is 16.4. The third-order valence-electron chi connectivity index (χ3n) is 4.25. The topological polar surface area (TPSA) is 81.1 Å². The normalized spacial score (nSPS) is 14.9. The van der Waals surface area contributed by atoms with Crippen LogP contribution >= 0.6 is 11.3 Å². The molecule has 0 spiro atoms. The van der Waals surface area contributed by atoms with Gasteiger partial charge in [0.25, 0.3) is 0 Å². The molecule has 2 heterocycles. The summed E-state index contributed by atoms with van der Waals surface area (Å²) in [5, 5.41) is 9.89. The van der Waals surface area contributed by atoms with Crippen molar-refractivity contribution in [3.8, 4) is 22.1 Å². The maximum atomic E-state index is 11.3. The molecule has 1 aromatic carbocycles. The van der Waals surface area contributed by atoms with Gasteiger partial charge in [-0.2, -0.15) is 0 Å². The van der Waals surface area contributed by atoms with Crippen LogP contribution in [0.25, 0.3) is 10.6 Å². The van der Waals surface area contributed by atoms with Gasteiger partial charge in [0, 0.05) is 25.2 Å². The van der Waals surface area contributed by atoms with Gasteiger partial charge in [-0.25, -0.2) is 9.78 Å². The lowest BCUT2D eigenvalue weighted by Crippen LogP contribution is -2.38. The smallest absolute Gasteiger partial charge is 0.347 e. The van der Waals surface area contributed by atoms with Crippen molar-refractivity contribution in [3.63, 3.8) is 0 Å². The summed E-state index contributed by atoms with van der Waals surface area (Å²) in [6, 6.07) is 5.60. The zero-order valence-electron chi connectivity index (χ0n) is 15.6. The number of hydrogen-bond donors (Lipinski definition) is 1. The average molecular weight is 392 g/mol. The van der Waals surface area contributed by atoms with Crippen molar-refractivity contribution < 1.29 is 24.1 Å². The predicted octanol–water partition coefficient (Wildman–Crippen LogP) is 2.93. The minimum absolute atomic E-state index is 0.258. The Hall–Kier alpha value is -2.16. The van der Waals surface area contributed by atoms with Crippen molar-refractivity contribution in [2.75, 3.05) is 46.1 Å². The van der Waals surface area contributed by atoms with Crippen LogP contribution in [0.4, 0.5) is 0 Å². The van der Waals surface area contributed by atoms with Gasteiger partial charge in [0.2, 0.25) is 0 Å². The van der Waals surface area contributed by atoms with Crippen molar-refractivity contribution in [1.82, 2.24) is 9.88 Å². The summed E-state index contributed by atoms with van der Waals surface area (Å²) in [5.41, 5.74) is 1.34. The van der Waals surface area contributed by atoms with Gasteiger partial charge in [-0.15, -0.1) is 11.3 Å². The summed E-state index contributed by atoms with van der Waals surface area (Å²) in [6.07, 6.45) is 0. The van der Waals surface area contributed by atoms with Crippen molar-refractivity contribution >= 4 is 17.3 Å². The third kappa shape index (κ3) is 4.97. The number of morpholine rings is 1. The molecule has 1 N–H and O–H groups in total. The van der Waals surface area contributed by atoms with Crippen LogP contribution in [-0.2, 0) is 4.74 Å². The van der Waals surface area contributed by atoms with E-state index >= 15 is 0 Å². The first-order chi connectivity index (χ1) is 13.1. The van der Waals surface area contributed by atoms with E-state index in [9.17, 15) is 9.90 Å². The summed E-state index contributed by atoms with van der Waals surface area (Å²) in [7, 11) is 0. The van der Waals surface area contributed by atoms with Gasteiger partial charge in [-0.05, 0) is 32.0 Å². The lowest BCUT2D eigenvalue weighted by Gasteiger charge is -2.26. The minimum Gasteiger partial charge on any atom is -0.490 e. The van der Waals surface area contributed by atoms with Gasteiger partial charge in [-0.1, -0.05) is 0 Å². The number of aryl methyl sites for hydroxylation is 1. The number of thiazole rings is 1. The molecule has 146 valence electrons. The third-order valence-corrected chi connectivity index (χ3v) is 5.44. The number of aromatic nitrogens is 1. The van der Waals surface area contributed by atoms with Gasteiger partial charge in [-0.3, -0.25) is 4.90 Å². The Morgan fingerprint density at radius 1 is 1.30 bits per heavy atom. The summed E-state index contributed by atoms with van der Waals surface area (Å²) in [6.45, 7) is 8.93. The van der Waals surface area contributed by atoms with E-state index in [0.29, 0.717) is 35.4 Å². The Balaban J connectivity index is 1.72. The fourth-order valence-electron chi connectivity index (χ4n) is 2.86. The molecule has 1 fully saturated rings. The van der Waals surface area contributed by atoms with Crippen molar-refractivity contribution in [2.45, 2.75) is 13.8 Å². The van der Waals surface area contributed by atoms with E-state index in [2.05, 4.69) is 9.88 Å². The number of carboxylic acids is 1. The van der Waals surface area contributed by atoms with Gasteiger partial charge in [0.15, 0.2) is 11.5 Å². The number of benzene rings is 1. The first kappa shape index (κ1) is 19.6. The van der Waals surface area contributed by atoms with Crippen LogP contribution in [0, 0.1) is 6.92 Å². The van der Waals surface area contributed by atoms with Gasteiger partial charge in [0.1, 0.15) is 16.5 Å². The Morgan fingerprint density at radius 3 is 2.74 bits per heavy atom. The van der Waals surface area contributed by atoms with Crippen molar-refractivity contribution in [3.05, 3.63) is 28.8 Å². The molecule has 0 bridgehead atoms. The molecule has 0 saturated carbocycles. The Kier molecular flexibility index (Phi) is 6.65. The van der Waals surface area contributed by atoms with E-state index in [1.807, 2.05) is 25.1 Å². The molecule has 1 saturated heterocycles. The molecule has 8 heteroatoms. The Bertz CT molecular complexity index is 786. The highest BCUT2D eigenvalue weighted by Crippen LogP contribution is 2.35. The molecule has 0 atom stereocenters. The number of ether oxygens (including phenoxy) is 3. The number of carbonyl (C=O) groups is 1. The van der Waals surface area contributed by atoms with E-state index in [0.717, 1.165) is 49.7 Å². The average Bonchev–Trinajstić information content (AvgIpc) is 3.06. The molecule has 3 rings (SSSR count). The fraction of sp³-hybridized carbons (Fsp3) is 0.474. The number of rotatable bonds is 8. The molecule has 2 aromatic rings. The largest absolute Gasteiger partial charge is 0.490 e. The van der Waals surface area contributed by atoms with Crippen LogP contribution in [0.3, 0.4) is 0 Å². The molecule has 1 aromatic heterocycles. The SMILES string of the molecule is CCOc1cc(-c2nc(C)c(C(=O)O)s2)ccc1OCCN1CCOCC1. The standard InChI is InChI=1S/C19H24N2O5S/c1-3-25-16-12-14(18-20-13(2)17(27-18)19(22)23)4-5-15(16)26-11-8-21-6-9-24-10-7-21/h4-5,12H,3,6-11H2,1-2H3,(H,22,23). The minimum atomic E-state index is -0.954. The monoisotopic (exact) mass is 392 g/mol. The zero-order chi connectivity index (χ0) is 19.2. The van der Waals surface area contributed by atoms with Crippen LogP contribution in [-0.4, -0.2) is 67.0 Å². The maximum absolute atomic E-state index is 11.3. The summed E-state index contributed by atoms with van der Waals surface area (Å²) in [5.74, 6) is 0.367. The Morgan fingerprint density at radius 2 is 2.07 bits per heavy atom. The highest BCUT2D eigenvalue weighted by molar-refractivity contribution is 7.17. The second-order valence-corrected chi connectivity index (χ2v) is 7.13.